The SMILES string of the molecule is CC(=O)Oc1cnc(Cc2ccccc2OCc2ccc(Cl)cc2)c2ccccc12. The third-order valence-corrected chi connectivity index (χ3v) is 4.98. The fraction of sp³-hybridized carbons (Fsp3) is 0.120. The summed E-state index contributed by atoms with van der Waals surface area (Å²) >= 11 is 5.96. The van der Waals surface area contributed by atoms with Crippen molar-refractivity contribution < 1.29 is 14.3 Å². The number of hydrogen-bond acceptors (Lipinski definition) is 4. The van der Waals surface area contributed by atoms with Gasteiger partial charge in [-0.1, -0.05) is 66.2 Å². The summed E-state index contributed by atoms with van der Waals surface area (Å²) in [6.45, 7) is 1.84. The molecule has 0 bridgehead atoms. The Hall–Kier alpha value is -3.37. The summed E-state index contributed by atoms with van der Waals surface area (Å²) in [6, 6.07) is 23.3. The molecule has 0 radical (unpaired) electrons. The molecule has 0 saturated heterocycles. The Morgan fingerprint density at radius 3 is 2.37 bits per heavy atom. The van der Waals surface area contributed by atoms with E-state index in [1.165, 1.54) is 6.92 Å². The minimum Gasteiger partial charge on any atom is -0.489 e. The summed E-state index contributed by atoms with van der Waals surface area (Å²) in [6.07, 6.45) is 2.20. The molecule has 30 heavy (non-hydrogen) atoms. The number of carbonyl (C=O) groups is 1. The van der Waals surface area contributed by atoms with E-state index < -0.39 is 0 Å². The van der Waals surface area contributed by atoms with Gasteiger partial charge in [0.25, 0.3) is 0 Å². The number of esters is 1. The largest absolute Gasteiger partial charge is 0.489 e. The number of hydrogen-bond donors (Lipinski definition) is 0. The summed E-state index contributed by atoms with van der Waals surface area (Å²) in [7, 11) is 0. The standard InChI is InChI=1S/C25H20ClNO3/c1-17(28)30-25-15-27-23(21-7-3-4-8-22(21)25)14-19-6-2-5-9-24(19)29-16-18-10-12-20(26)13-11-18/h2-13,15H,14,16H2,1H3. The molecular formula is C25H20ClNO3. The van der Waals surface area contributed by atoms with Gasteiger partial charge < -0.3 is 9.47 Å². The number of rotatable bonds is 6. The van der Waals surface area contributed by atoms with Gasteiger partial charge in [-0.3, -0.25) is 9.78 Å². The zero-order chi connectivity index (χ0) is 20.9. The van der Waals surface area contributed by atoms with E-state index in [4.69, 9.17) is 21.1 Å². The summed E-state index contributed by atoms with van der Waals surface area (Å²) in [5.74, 6) is 0.909. The van der Waals surface area contributed by atoms with Crippen molar-refractivity contribution in [2.75, 3.05) is 0 Å². The average molecular weight is 418 g/mol. The Bertz CT molecular complexity index is 1190. The summed E-state index contributed by atoms with van der Waals surface area (Å²) < 4.78 is 11.4. The van der Waals surface area contributed by atoms with Crippen LogP contribution in [0.25, 0.3) is 10.8 Å². The molecule has 0 unspecified atom stereocenters. The topological polar surface area (TPSA) is 48.4 Å². The Morgan fingerprint density at radius 2 is 1.60 bits per heavy atom. The molecular weight excluding hydrogens is 398 g/mol. The van der Waals surface area contributed by atoms with E-state index in [0.29, 0.717) is 23.8 Å². The smallest absolute Gasteiger partial charge is 0.308 e. The first kappa shape index (κ1) is 19.9. The molecule has 0 spiro atoms. The maximum Gasteiger partial charge on any atom is 0.308 e. The van der Waals surface area contributed by atoms with E-state index in [2.05, 4.69) is 4.98 Å². The van der Waals surface area contributed by atoms with Gasteiger partial charge in [-0.05, 0) is 23.8 Å². The second kappa shape index (κ2) is 8.97. The van der Waals surface area contributed by atoms with E-state index in [9.17, 15) is 4.79 Å². The molecule has 0 N–H and O–H groups in total. The van der Waals surface area contributed by atoms with Crippen molar-refractivity contribution in [3.8, 4) is 11.5 Å². The lowest BCUT2D eigenvalue weighted by Gasteiger charge is -2.13. The number of aromatic nitrogens is 1. The number of nitrogens with zero attached hydrogens (tertiary/aromatic N) is 1. The number of carbonyl (C=O) groups excluding carboxylic acids is 1. The van der Waals surface area contributed by atoms with Crippen LogP contribution in [0.5, 0.6) is 11.5 Å². The van der Waals surface area contributed by atoms with Crippen LogP contribution in [0.3, 0.4) is 0 Å². The minimum atomic E-state index is -0.365. The van der Waals surface area contributed by atoms with Crippen molar-refractivity contribution in [3.05, 3.63) is 101 Å². The van der Waals surface area contributed by atoms with Crippen molar-refractivity contribution in [1.82, 2.24) is 4.98 Å². The van der Waals surface area contributed by atoms with Crippen LogP contribution in [0.2, 0.25) is 5.02 Å². The number of pyridine rings is 1. The second-order valence-electron chi connectivity index (χ2n) is 6.91. The van der Waals surface area contributed by atoms with Crippen molar-refractivity contribution in [2.24, 2.45) is 0 Å². The maximum atomic E-state index is 11.4. The molecule has 3 aromatic carbocycles. The Labute approximate surface area is 180 Å². The summed E-state index contributed by atoms with van der Waals surface area (Å²) in [4.78, 5) is 16.0. The molecule has 0 aliphatic heterocycles. The van der Waals surface area contributed by atoms with Crippen LogP contribution in [-0.4, -0.2) is 11.0 Å². The van der Waals surface area contributed by atoms with Crippen LogP contribution < -0.4 is 9.47 Å². The molecule has 0 aliphatic rings. The van der Waals surface area contributed by atoms with Gasteiger partial charge in [0.15, 0.2) is 5.75 Å². The first-order chi connectivity index (χ1) is 14.6. The number of benzene rings is 3. The van der Waals surface area contributed by atoms with Crippen molar-refractivity contribution in [1.29, 1.82) is 0 Å². The van der Waals surface area contributed by atoms with Crippen LogP contribution in [0.1, 0.15) is 23.7 Å². The van der Waals surface area contributed by atoms with E-state index >= 15 is 0 Å². The van der Waals surface area contributed by atoms with Crippen LogP contribution in [-0.2, 0) is 17.8 Å². The molecule has 0 saturated carbocycles. The van der Waals surface area contributed by atoms with Gasteiger partial charge in [-0.25, -0.2) is 0 Å². The maximum absolute atomic E-state index is 11.4. The predicted octanol–water partition coefficient (Wildman–Crippen LogP) is 5.98. The zero-order valence-corrected chi connectivity index (χ0v) is 17.2. The highest BCUT2D eigenvalue weighted by Gasteiger charge is 2.12. The molecule has 1 heterocycles. The normalized spacial score (nSPS) is 10.7. The summed E-state index contributed by atoms with van der Waals surface area (Å²) in [5, 5.41) is 2.51. The summed E-state index contributed by atoms with van der Waals surface area (Å²) in [5.41, 5.74) is 2.97. The highest BCUT2D eigenvalue weighted by atomic mass is 35.5. The minimum absolute atomic E-state index is 0.365. The van der Waals surface area contributed by atoms with Crippen LogP contribution in [0, 0.1) is 0 Å². The molecule has 0 aliphatic carbocycles. The molecule has 150 valence electrons. The average Bonchev–Trinajstić information content (AvgIpc) is 2.75. The highest BCUT2D eigenvalue weighted by Crippen LogP contribution is 2.30. The lowest BCUT2D eigenvalue weighted by Crippen LogP contribution is -2.04. The van der Waals surface area contributed by atoms with Gasteiger partial charge >= 0.3 is 5.97 Å². The van der Waals surface area contributed by atoms with Gasteiger partial charge in [0.2, 0.25) is 0 Å². The predicted molar refractivity (Wildman–Crippen MR) is 118 cm³/mol. The van der Waals surface area contributed by atoms with Gasteiger partial charge in [0.1, 0.15) is 12.4 Å². The van der Waals surface area contributed by atoms with Gasteiger partial charge in [0, 0.05) is 34.7 Å². The van der Waals surface area contributed by atoms with Gasteiger partial charge in [0.05, 0.1) is 11.9 Å². The molecule has 4 rings (SSSR count). The number of halogens is 1. The Morgan fingerprint density at radius 1 is 0.900 bits per heavy atom. The van der Waals surface area contributed by atoms with E-state index in [1.54, 1.807) is 6.20 Å². The third-order valence-electron chi connectivity index (χ3n) is 4.73. The Kier molecular flexibility index (Phi) is 5.96. The second-order valence-corrected chi connectivity index (χ2v) is 7.34. The molecule has 4 aromatic rings. The van der Waals surface area contributed by atoms with Crippen LogP contribution >= 0.6 is 11.6 Å². The monoisotopic (exact) mass is 417 g/mol. The first-order valence-corrected chi connectivity index (χ1v) is 9.98. The van der Waals surface area contributed by atoms with E-state index in [-0.39, 0.29) is 5.97 Å². The Balaban J connectivity index is 1.61. The molecule has 1 aromatic heterocycles. The molecule has 4 nitrogen and oxygen atoms in total. The first-order valence-electron chi connectivity index (χ1n) is 9.60. The van der Waals surface area contributed by atoms with Crippen molar-refractivity contribution >= 4 is 28.3 Å². The molecule has 0 amide bonds. The number of ether oxygens (including phenoxy) is 2. The van der Waals surface area contributed by atoms with Crippen molar-refractivity contribution in [3.63, 3.8) is 0 Å². The fourth-order valence-electron chi connectivity index (χ4n) is 3.32. The van der Waals surface area contributed by atoms with E-state index in [0.717, 1.165) is 33.3 Å². The number of para-hydroxylation sites is 1. The third kappa shape index (κ3) is 4.61. The highest BCUT2D eigenvalue weighted by molar-refractivity contribution is 6.30. The van der Waals surface area contributed by atoms with Crippen LogP contribution in [0.4, 0.5) is 0 Å². The lowest BCUT2D eigenvalue weighted by molar-refractivity contribution is -0.131. The quantitative estimate of drug-likeness (QED) is 0.362. The fourth-order valence-corrected chi connectivity index (χ4v) is 3.44. The number of fused-ring (bicyclic) bond motifs is 1. The molecule has 5 heteroatoms. The van der Waals surface area contributed by atoms with Gasteiger partial charge in [-0.15, -0.1) is 0 Å². The zero-order valence-electron chi connectivity index (χ0n) is 16.5. The van der Waals surface area contributed by atoms with Crippen LogP contribution in [0.15, 0.2) is 79.0 Å². The van der Waals surface area contributed by atoms with E-state index in [1.807, 2.05) is 72.8 Å². The lowest BCUT2D eigenvalue weighted by atomic mass is 10.0. The van der Waals surface area contributed by atoms with Crippen molar-refractivity contribution in [2.45, 2.75) is 20.0 Å². The molecule has 0 atom stereocenters. The molecule has 0 fully saturated rings. The van der Waals surface area contributed by atoms with Gasteiger partial charge in [-0.2, -0.15) is 0 Å².